The molecule has 72 heavy (non-hydrogen) atoms. The Morgan fingerprint density at radius 3 is 0.528 bits per heavy atom. The van der Waals surface area contributed by atoms with E-state index in [0.29, 0.717) is 0 Å². The average molecular weight is 1010 g/mol. The van der Waals surface area contributed by atoms with Gasteiger partial charge in [0.1, 0.15) is 0 Å². The van der Waals surface area contributed by atoms with Crippen LogP contribution in [-0.2, 0) is 0 Å². The molecule has 20 heteroatoms. The zero-order valence-electron chi connectivity index (χ0n) is 43.1. The predicted octanol–water partition coefficient (Wildman–Crippen LogP) is 10.3. The summed E-state index contributed by atoms with van der Waals surface area (Å²) in [6, 6.07) is 5.19. The summed E-state index contributed by atoms with van der Waals surface area (Å²) in [7, 11) is 0. The van der Waals surface area contributed by atoms with Crippen LogP contribution in [-0.4, -0.2) is 124 Å². The van der Waals surface area contributed by atoms with Crippen molar-refractivity contribution >= 4 is 23.9 Å². The molecule has 0 fully saturated rings. The highest BCUT2D eigenvalue weighted by molar-refractivity contribution is 6.09. The van der Waals surface area contributed by atoms with Crippen molar-refractivity contribution in [3.63, 3.8) is 0 Å². The summed E-state index contributed by atoms with van der Waals surface area (Å²) >= 11 is 0. The molecule has 0 atom stereocenters. The van der Waals surface area contributed by atoms with Gasteiger partial charge in [-0.15, -0.1) is 0 Å². The number of carbonyl (C=O) groups is 4. The second-order valence-corrected chi connectivity index (χ2v) is 14.2. The highest BCUT2D eigenvalue weighted by Gasteiger charge is 2.36. The lowest BCUT2D eigenvalue weighted by Gasteiger charge is -2.25. The fourth-order valence-electron chi connectivity index (χ4n) is 7.44. The molecule has 0 spiro atoms. The van der Waals surface area contributed by atoms with E-state index < -0.39 is 23.9 Å². The number of rotatable bonds is 30. The number of hydrogen-bond acceptors (Lipinski definition) is 16. The molecule has 0 bridgehead atoms. The van der Waals surface area contributed by atoms with Gasteiger partial charge >= 0.3 is 23.9 Å². The van der Waals surface area contributed by atoms with Crippen molar-refractivity contribution in [2.45, 2.75) is 83.1 Å². The van der Waals surface area contributed by atoms with Crippen LogP contribution in [0.1, 0.15) is 125 Å². The molecule has 0 aliphatic carbocycles. The van der Waals surface area contributed by atoms with E-state index >= 15 is 0 Å². The molecule has 0 unspecified atom stereocenters. The van der Waals surface area contributed by atoms with E-state index in [1.54, 1.807) is 83.1 Å². The average Bonchev–Trinajstić information content (AvgIpc) is 3.33. The zero-order chi connectivity index (χ0) is 53.7. The van der Waals surface area contributed by atoms with Crippen molar-refractivity contribution in [3.8, 4) is 91.2 Å². The number of carboxylic acid groups (broad SMARTS) is 4. The van der Waals surface area contributed by atoms with Crippen LogP contribution in [0, 0.1) is 0 Å². The molecule has 0 saturated heterocycles. The van der Waals surface area contributed by atoms with Gasteiger partial charge < -0.3 is 77.3 Å². The predicted molar refractivity (Wildman–Crippen MR) is 266 cm³/mol. The van der Waals surface area contributed by atoms with Crippen LogP contribution < -0.4 is 56.8 Å². The number of benzene rings is 4. The summed E-state index contributed by atoms with van der Waals surface area (Å²) in [5.41, 5.74) is -1.11. The highest BCUT2D eigenvalue weighted by Crippen LogP contribution is 2.56. The molecule has 396 valence electrons. The molecule has 4 aromatic rings. The summed E-state index contributed by atoms with van der Waals surface area (Å²) in [6.45, 7) is 23.4. The number of carboxylic acids is 4. The van der Waals surface area contributed by atoms with Gasteiger partial charge in [0.05, 0.1) is 102 Å². The third kappa shape index (κ3) is 13.4. The van der Waals surface area contributed by atoms with Gasteiger partial charge in [0.25, 0.3) is 0 Å². The summed E-state index contributed by atoms with van der Waals surface area (Å²) < 4.78 is 69.6. The van der Waals surface area contributed by atoms with Crippen LogP contribution in [0.3, 0.4) is 0 Å². The highest BCUT2D eigenvalue weighted by atomic mass is 16.6. The quantitative estimate of drug-likeness (QED) is 0.0378. The van der Waals surface area contributed by atoms with E-state index in [-0.39, 0.29) is 193 Å². The summed E-state index contributed by atoms with van der Waals surface area (Å²) in [5, 5.41) is 40.8. The van der Waals surface area contributed by atoms with Gasteiger partial charge in [0.2, 0.25) is 23.0 Å². The largest absolute Gasteiger partial charge is 0.490 e. The van der Waals surface area contributed by atoms with E-state index in [0.717, 1.165) is 0 Å². The molecule has 4 aromatic carbocycles. The second-order valence-electron chi connectivity index (χ2n) is 14.2. The molecule has 0 saturated carbocycles. The maximum absolute atomic E-state index is 12.5. The zero-order valence-corrected chi connectivity index (χ0v) is 43.1. The molecule has 4 N–H and O–H groups in total. The van der Waals surface area contributed by atoms with Crippen molar-refractivity contribution in [1.29, 1.82) is 0 Å². The monoisotopic (exact) mass is 1010 g/mol. The third-order valence-corrected chi connectivity index (χ3v) is 9.74. The lowest BCUT2D eigenvalue weighted by molar-refractivity contribution is 0.0683. The fourth-order valence-corrected chi connectivity index (χ4v) is 7.44. The Kier molecular flexibility index (Phi) is 23.5. The minimum Gasteiger partial charge on any atom is -0.490 e. The SMILES string of the molecule is CCOc1cc(C(=O)O)c(-c2c(C(=O)O)cc(OCC)c(OCC)c2OCC)c(OCC)c1OCC.CCOc1cc(C(=O)O)c(-c2c(C(=O)O)cc(OCC)c(OCC)c2OCC)c(OCC)c1OCC. The molecule has 0 aliphatic heterocycles. The van der Waals surface area contributed by atoms with Crippen LogP contribution >= 0.6 is 0 Å². The number of ether oxygens (including phenoxy) is 12. The topological polar surface area (TPSA) is 260 Å². The van der Waals surface area contributed by atoms with Crippen LogP contribution in [0.15, 0.2) is 24.3 Å². The first-order valence-electron chi connectivity index (χ1n) is 23.9. The Labute approximate surface area is 419 Å². The molecule has 4 rings (SSSR count). The molecule has 0 aliphatic rings. The summed E-state index contributed by atoms with van der Waals surface area (Å²) in [4.78, 5) is 50.0. The first-order valence-corrected chi connectivity index (χ1v) is 23.9. The minimum absolute atomic E-state index is 0.0257. The Morgan fingerprint density at radius 2 is 0.403 bits per heavy atom. The number of hydrogen-bond donors (Lipinski definition) is 4. The summed E-state index contributed by atoms with van der Waals surface area (Å²) in [6.07, 6.45) is 0. The smallest absolute Gasteiger partial charge is 0.336 e. The molecule has 20 nitrogen and oxygen atoms in total. The standard InChI is InChI=1S/2C26H34O10/c2*1-7-31-17-13-15(25(27)28)19(23(35-11-5)21(17)33-9-3)20-16(26(29)30)14-18(32-8-2)22(34-10-4)24(20)36-12-6/h2*13-14H,7-12H2,1-6H3,(H,27,28)(H,29,30). The Bertz CT molecular complexity index is 2150. The van der Waals surface area contributed by atoms with E-state index in [1.165, 1.54) is 24.3 Å². The van der Waals surface area contributed by atoms with Gasteiger partial charge in [-0.25, -0.2) is 19.2 Å². The molecule has 0 radical (unpaired) electrons. The lowest BCUT2D eigenvalue weighted by Crippen LogP contribution is -2.13. The van der Waals surface area contributed by atoms with E-state index in [9.17, 15) is 39.6 Å². The van der Waals surface area contributed by atoms with Gasteiger partial charge in [-0.05, 0) is 107 Å². The minimum atomic E-state index is -1.32. The normalized spacial score (nSPS) is 10.5. The molecular weight excluding hydrogens is 945 g/mol. The summed E-state index contributed by atoms with van der Waals surface area (Å²) in [5.74, 6) is -3.89. The van der Waals surface area contributed by atoms with Crippen LogP contribution in [0.5, 0.6) is 69.0 Å². The van der Waals surface area contributed by atoms with Gasteiger partial charge in [-0.1, -0.05) is 0 Å². The van der Waals surface area contributed by atoms with Crippen LogP contribution in [0.4, 0.5) is 0 Å². The van der Waals surface area contributed by atoms with Gasteiger partial charge in [0, 0.05) is 22.3 Å². The van der Waals surface area contributed by atoms with Gasteiger partial charge in [-0.2, -0.15) is 0 Å². The van der Waals surface area contributed by atoms with Gasteiger partial charge in [-0.3, -0.25) is 0 Å². The lowest BCUT2D eigenvalue weighted by atomic mass is 9.91. The van der Waals surface area contributed by atoms with E-state index in [1.807, 2.05) is 0 Å². The van der Waals surface area contributed by atoms with Crippen molar-refractivity contribution in [2.24, 2.45) is 0 Å². The van der Waals surface area contributed by atoms with E-state index in [4.69, 9.17) is 56.8 Å². The van der Waals surface area contributed by atoms with E-state index in [2.05, 4.69) is 0 Å². The third-order valence-electron chi connectivity index (χ3n) is 9.74. The van der Waals surface area contributed by atoms with Crippen molar-refractivity contribution in [1.82, 2.24) is 0 Å². The van der Waals surface area contributed by atoms with Gasteiger partial charge in [0.15, 0.2) is 46.0 Å². The van der Waals surface area contributed by atoms with Crippen molar-refractivity contribution in [3.05, 3.63) is 46.5 Å². The molecular formula is C52H68O20. The Hall–Kier alpha value is -7.64. The van der Waals surface area contributed by atoms with Crippen LogP contribution in [0.2, 0.25) is 0 Å². The first kappa shape index (κ1) is 58.7. The van der Waals surface area contributed by atoms with Crippen molar-refractivity contribution in [2.75, 3.05) is 79.3 Å². The Morgan fingerprint density at radius 1 is 0.264 bits per heavy atom. The molecule has 0 aromatic heterocycles. The Balaban J connectivity index is 0.000000380. The maximum atomic E-state index is 12.5. The fraction of sp³-hybridized carbons (Fsp3) is 0.462. The van der Waals surface area contributed by atoms with Crippen molar-refractivity contribution < 1.29 is 96.4 Å². The molecule has 0 amide bonds. The first-order chi connectivity index (χ1) is 34.6. The van der Waals surface area contributed by atoms with Crippen LogP contribution in [0.25, 0.3) is 22.3 Å². The number of aromatic carboxylic acids is 4. The maximum Gasteiger partial charge on any atom is 0.336 e. The molecule has 0 heterocycles. The second kappa shape index (κ2) is 28.9.